The number of carbonyl (C=O) groups excluding carboxylic acids is 1. The van der Waals surface area contributed by atoms with Gasteiger partial charge in [0.2, 0.25) is 5.89 Å². The molecule has 1 aromatic carbocycles. The van der Waals surface area contributed by atoms with Gasteiger partial charge in [-0.1, -0.05) is 23.7 Å². The number of likely N-dealkylation sites (tertiary alicyclic amines) is 1. The minimum Gasteiger partial charge on any atom is -0.441 e. The highest BCUT2D eigenvalue weighted by molar-refractivity contribution is 6.33. The van der Waals surface area contributed by atoms with Crippen LogP contribution in [0, 0.1) is 6.92 Å². The number of benzene rings is 1. The summed E-state index contributed by atoms with van der Waals surface area (Å²) in [6.07, 6.45) is 1.45. The molecule has 1 saturated heterocycles. The van der Waals surface area contributed by atoms with E-state index >= 15 is 0 Å². The SMILES string of the molecule is CC1=NC2(CCN(Cc3nc(-c4ccccc4Cl)oc3C)CC2)C(=O)N1. The summed E-state index contributed by atoms with van der Waals surface area (Å²) in [5.74, 6) is 2.10. The zero-order valence-electron chi connectivity index (χ0n) is 14.9. The molecule has 2 aromatic rings. The predicted octanol–water partition coefficient (Wildman–Crippen LogP) is 3.19. The number of aromatic nitrogens is 1. The Morgan fingerprint density at radius 3 is 2.65 bits per heavy atom. The van der Waals surface area contributed by atoms with E-state index in [0.717, 1.165) is 48.8 Å². The van der Waals surface area contributed by atoms with Crippen molar-refractivity contribution >= 4 is 23.3 Å². The fraction of sp³-hybridized carbons (Fsp3) is 0.421. The molecule has 0 bridgehead atoms. The fourth-order valence-electron chi connectivity index (χ4n) is 3.64. The Labute approximate surface area is 157 Å². The van der Waals surface area contributed by atoms with Crippen molar-refractivity contribution < 1.29 is 9.21 Å². The number of nitrogens with zero attached hydrogens (tertiary/aromatic N) is 3. The van der Waals surface area contributed by atoms with Gasteiger partial charge in [-0.3, -0.25) is 14.7 Å². The van der Waals surface area contributed by atoms with Crippen LogP contribution >= 0.6 is 11.6 Å². The standard InChI is InChI=1S/C19H21ClN4O2/c1-12-16(22-17(26-12)14-5-3-4-6-15(14)20)11-24-9-7-19(8-10-24)18(25)21-13(2)23-19/h3-6H,7-11H2,1-2H3,(H,21,23,25). The Morgan fingerprint density at radius 1 is 1.27 bits per heavy atom. The predicted molar refractivity (Wildman–Crippen MR) is 100 cm³/mol. The number of carbonyl (C=O) groups is 1. The molecule has 1 N–H and O–H groups in total. The molecule has 0 unspecified atom stereocenters. The van der Waals surface area contributed by atoms with Crippen LogP contribution in [0.3, 0.4) is 0 Å². The van der Waals surface area contributed by atoms with Crippen LogP contribution in [0.15, 0.2) is 33.7 Å². The summed E-state index contributed by atoms with van der Waals surface area (Å²) in [6.45, 7) is 6.07. The summed E-state index contributed by atoms with van der Waals surface area (Å²) in [6, 6.07) is 7.53. The lowest BCUT2D eigenvalue weighted by atomic mass is 9.88. The van der Waals surface area contributed by atoms with E-state index in [1.54, 1.807) is 0 Å². The lowest BCUT2D eigenvalue weighted by Gasteiger charge is -2.35. The van der Waals surface area contributed by atoms with Crippen molar-refractivity contribution in [3.05, 3.63) is 40.7 Å². The number of halogens is 1. The second-order valence-electron chi connectivity index (χ2n) is 6.96. The second kappa shape index (κ2) is 6.52. The maximum absolute atomic E-state index is 12.2. The average Bonchev–Trinajstić information content (AvgIpc) is 3.10. The zero-order valence-corrected chi connectivity index (χ0v) is 15.6. The topological polar surface area (TPSA) is 70.7 Å². The molecule has 2 aliphatic rings. The average molecular weight is 373 g/mol. The highest BCUT2D eigenvalue weighted by atomic mass is 35.5. The van der Waals surface area contributed by atoms with Gasteiger partial charge in [0.05, 0.1) is 16.3 Å². The van der Waals surface area contributed by atoms with Gasteiger partial charge in [-0.2, -0.15) is 0 Å². The third-order valence-electron chi connectivity index (χ3n) is 5.15. The summed E-state index contributed by atoms with van der Waals surface area (Å²) in [7, 11) is 0. The van der Waals surface area contributed by atoms with E-state index in [0.29, 0.717) is 17.5 Å². The van der Waals surface area contributed by atoms with E-state index in [9.17, 15) is 4.79 Å². The summed E-state index contributed by atoms with van der Waals surface area (Å²) in [4.78, 5) is 23.7. The van der Waals surface area contributed by atoms with E-state index in [1.165, 1.54) is 0 Å². The van der Waals surface area contributed by atoms with Crippen molar-refractivity contribution in [2.75, 3.05) is 13.1 Å². The van der Waals surface area contributed by atoms with E-state index in [2.05, 4.69) is 20.2 Å². The van der Waals surface area contributed by atoms with Crippen molar-refractivity contribution in [1.29, 1.82) is 0 Å². The number of hydrogen-bond donors (Lipinski definition) is 1. The molecule has 1 fully saturated rings. The number of oxazole rings is 1. The molecule has 3 heterocycles. The van der Waals surface area contributed by atoms with Gasteiger partial charge in [0.1, 0.15) is 17.1 Å². The number of piperidine rings is 1. The molecule has 7 heteroatoms. The number of aliphatic imine (C=N–C) groups is 1. The van der Waals surface area contributed by atoms with Crippen LogP contribution in [0.4, 0.5) is 0 Å². The van der Waals surface area contributed by atoms with Gasteiger partial charge >= 0.3 is 0 Å². The molecule has 1 spiro atoms. The third-order valence-corrected chi connectivity index (χ3v) is 5.48. The summed E-state index contributed by atoms with van der Waals surface area (Å²) >= 11 is 6.25. The molecule has 0 radical (unpaired) electrons. The Morgan fingerprint density at radius 2 is 2.00 bits per heavy atom. The Balaban J connectivity index is 1.46. The smallest absolute Gasteiger partial charge is 0.253 e. The van der Waals surface area contributed by atoms with E-state index < -0.39 is 5.54 Å². The van der Waals surface area contributed by atoms with Gasteiger partial charge in [0.15, 0.2) is 0 Å². The van der Waals surface area contributed by atoms with Gasteiger partial charge < -0.3 is 9.73 Å². The Hall–Kier alpha value is -2.18. The van der Waals surface area contributed by atoms with Crippen LogP contribution in [0.25, 0.3) is 11.5 Å². The van der Waals surface area contributed by atoms with Gasteiger partial charge in [0, 0.05) is 19.6 Å². The lowest BCUT2D eigenvalue weighted by molar-refractivity contribution is -0.125. The van der Waals surface area contributed by atoms with Crippen LogP contribution < -0.4 is 5.32 Å². The van der Waals surface area contributed by atoms with Crippen molar-refractivity contribution in [3.63, 3.8) is 0 Å². The van der Waals surface area contributed by atoms with E-state index in [4.69, 9.17) is 16.0 Å². The van der Waals surface area contributed by atoms with Crippen molar-refractivity contribution in [2.24, 2.45) is 4.99 Å². The third kappa shape index (κ3) is 3.04. The van der Waals surface area contributed by atoms with Crippen molar-refractivity contribution in [2.45, 2.75) is 38.8 Å². The summed E-state index contributed by atoms with van der Waals surface area (Å²) in [5.41, 5.74) is 1.14. The molecule has 0 aliphatic carbocycles. The zero-order chi connectivity index (χ0) is 18.3. The molecule has 136 valence electrons. The first-order chi connectivity index (χ1) is 12.5. The molecular formula is C19H21ClN4O2. The molecular weight excluding hydrogens is 352 g/mol. The molecule has 1 aromatic heterocycles. The highest BCUT2D eigenvalue weighted by Gasteiger charge is 2.44. The second-order valence-corrected chi connectivity index (χ2v) is 7.37. The monoisotopic (exact) mass is 372 g/mol. The lowest BCUT2D eigenvalue weighted by Crippen LogP contribution is -2.48. The Kier molecular flexibility index (Phi) is 4.32. The number of nitrogens with one attached hydrogen (secondary N) is 1. The largest absolute Gasteiger partial charge is 0.441 e. The molecule has 26 heavy (non-hydrogen) atoms. The van der Waals surface area contributed by atoms with Gasteiger partial charge in [-0.15, -0.1) is 0 Å². The van der Waals surface area contributed by atoms with Crippen LogP contribution in [-0.4, -0.2) is 40.3 Å². The van der Waals surface area contributed by atoms with E-state index in [1.807, 2.05) is 38.1 Å². The quantitative estimate of drug-likeness (QED) is 0.898. The van der Waals surface area contributed by atoms with Crippen LogP contribution in [0.2, 0.25) is 5.02 Å². The maximum atomic E-state index is 12.2. The normalized spacial score (nSPS) is 19.7. The fourth-order valence-corrected chi connectivity index (χ4v) is 3.85. The van der Waals surface area contributed by atoms with Crippen LogP contribution in [0.5, 0.6) is 0 Å². The van der Waals surface area contributed by atoms with Crippen LogP contribution in [0.1, 0.15) is 31.2 Å². The summed E-state index contributed by atoms with van der Waals surface area (Å²) < 4.78 is 5.84. The van der Waals surface area contributed by atoms with Crippen molar-refractivity contribution in [1.82, 2.24) is 15.2 Å². The molecule has 1 amide bonds. The summed E-state index contributed by atoms with van der Waals surface area (Å²) in [5, 5.41) is 3.46. The number of hydrogen-bond acceptors (Lipinski definition) is 5. The van der Waals surface area contributed by atoms with Crippen molar-refractivity contribution in [3.8, 4) is 11.5 Å². The Bertz CT molecular complexity index is 881. The number of rotatable bonds is 3. The number of amides is 1. The maximum Gasteiger partial charge on any atom is 0.253 e. The first kappa shape index (κ1) is 17.2. The highest BCUT2D eigenvalue weighted by Crippen LogP contribution is 2.32. The van der Waals surface area contributed by atoms with E-state index in [-0.39, 0.29) is 5.91 Å². The number of amidine groups is 1. The molecule has 4 rings (SSSR count). The first-order valence-electron chi connectivity index (χ1n) is 8.78. The van der Waals surface area contributed by atoms with Gasteiger partial charge in [0.25, 0.3) is 5.91 Å². The molecule has 0 saturated carbocycles. The minimum absolute atomic E-state index is 0.0354. The molecule has 6 nitrogen and oxygen atoms in total. The molecule has 2 aliphatic heterocycles. The number of aryl methyl sites for hydroxylation is 1. The van der Waals surface area contributed by atoms with Gasteiger partial charge in [-0.25, -0.2) is 4.98 Å². The first-order valence-corrected chi connectivity index (χ1v) is 9.16. The molecule has 0 atom stereocenters. The van der Waals surface area contributed by atoms with Crippen LogP contribution in [-0.2, 0) is 11.3 Å². The minimum atomic E-state index is -0.567. The van der Waals surface area contributed by atoms with Gasteiger partial charge in [-0.05, 0) is 38.8 Å².